The Morgan fingerprint density at radius 1 is 1.31 bits per heavy atom. The molecule has 1 saturated heterocycles. The van der Waals surface area contributed by atoms with Crippen molar-refractivity contribution < 1.29 is 4.39 Å². The first-order valence-electron chi connectivity index (χ1n) is 5.90. The summed E-state index contributed by atoms with van der Waals surface area (Å²) in [6, 6.07) is 4.58. The molecule has 3 heteroatoms. The van der Waals surface area contributed by atoms with Crippen LogP contribution in [0.4, 0.5) is 15.8 Å². The van der Waals surface area contributed by atoms with Gasteiger partial charge in [0.1, 0.15) is 5.82 Å². The highest BCUT2D eigenvalue weighted by Crippen LogP contribution is 2.41. The molecule has 0 aliphatic carbocycles. The Kier molecular flexibility index (Phi) is 2.78. The molecule has 16 heavy (non-hydrogen) atoms. The van der Waals surface area contributed by atoms with Gasteiger partial charge in [-0.3, -0.25) is 0 Å². The maximum atomic E-state index is 13.1. The summed E-state index contributed by atoms with van der Waals surface area (Å²) in [4.78, 5) is 2.17. The molecule has 0 amide bonds. The van der Waals surface area contributed by atoms with Crippen LogP contribution in [0.3, 0.4) is 0 Å². The molecule has 1 aromatic carbocycles. The van der Waals surface area contributed by atoms with E-state index in [0.29, 0.717) is 11.1 Å². The Hall–Kier alpha value is -1.25. The second-order valence-corrected chi connectivity index (χ2v) is 4.77. The lowest BCUT2D eigenvalue weighted by atomic mass is 9.75. The van der Waals surface area contributed by atoms with Crippen LogP contribution in [0.1, 0.15) is 26.7 Å². The van der Waals surface area contributed by atoms with Crippen molar-refractivity contribution >= 4 is 11.4 Å². The molecule has 0 spiro atoms. The van der Waals surface area contributed by atoms with Crippen molar-refractivity contribution in [3.05, 3.63) is 24.0 Å². The van der Waals surface area contributed by atoms with E-state index in [1.165, 1.54) is 25.0 Å². The first-order chi connectivity index (χ1) is 7.60. The van der Waals surface area contributed by atoms with E-state index >= 15 is 0 Å². The maximum absolute atomic E-state index is 13.1. The Bertz CT molecular complexity index is 378. The van der Waals surface area contributed by atoms with Crippen molar-refractivity contribution in [1.82, 2.24) is 0 Å². The average molecular weight is 222 g/mol. The monoisotopic (exact) mass is 222 g/mol. The smallest absolute Gasteiger partial charge is 0.125 e. The quantitative estimate of drug-likeness (QED) is 0.796. The number of hydrogen-bond donors (Lipinski definition) is 1. The van der Waals surface area contributed by atoms with Gasteiger partial charge in [-0.05, 0) is 31.0 Å². The van der Waals surface area contributed by atoms with Gasteiger partial charge in [-0.2, -0.15) is 0 Å². The van der Waals surface area contributed by atoms with Gasteiger partial charge in [0.2, 0.25) is 0 Å². The summed E-state index contributed by atoms with van der Waals surface area (Å²) < 4.78 is 13.1. The first-order valence-corrected chi connectivity index (χ1v) is 5.90. The number of nitrogen functional groups attached to an aromatic ring is 1. The highest BCUT2D eigenvalue weighted by atomic mass is 19.1. The van der Waals surface area contributed by atoms with Crippen LogP contribution < -0.4 is 10.6 Å². The van der Waals surface area contributed by atoms with Crippen LogP contribution in [-0.2, 0) is 0 Å². The molecule has 0 saturated carbocycles. The molecule has 1 aromatic rings. The predicted octanol–water partition coefficient (Wildman–Crippen LogP) is 3.03. The summed E-state index contributed by atoms with van der Waals surface area (Å²) >= 11 is 0. The van der Waals surface area contributed by atoms with E-state index in [0.717, 1.165) is 18.8 Å². The van der Waals surface area contributed by atoms with E-state index in [-0.39, 0.29) is 5.82 Å². The third kappa shape index (κ3) is 1.75. The van der Waals surface area contributed by atoms with Gasteiger partial charge in [0.15, 0.2) is 0 Å². The van der Waals surface area contributed by atoms with E-state index in [4.69, 9.17) is 5.73 Å². The number of halogens is 1. The molecule has 1 aliphatic heterocycles. The van der Waals surface area contributed by atoms with Gasteiger partial charge in [0.05, 0.1) is 11.4 Å². The summed E-state index contributed by atoms with van der Waals surface area (Å²) in [7, 11) is 0. The summed E-state index contributed by atoms with van der Waals surface area (Å²) in [5.74, 6) is -0.213. The molecule has 0 atom stereocenters. The third-order valence-electron chi connectivity index (χ3n) is 3.89. The highest BCUT2D eigenvalue weighted by Gasteiger charge is 2.40. The van der Waals surface area contributed by atoms with Crippen LogP contribution in [0.15, 0.2) is 18.2 Å². The summed E-state index contributed by atoms with van der Waals surface area (Å²) in [6.45, 7) is 6.42. The molecular formula is C13H19FN2. The van der Waals surface area contributed by atoms with Crippen molar-refractivity contribution in [2.24, 2.45) is 5.41 Å². The fourth-order valence-corrected chi connectivity index (χ4v) is 2.42. The lowest BCUT2D eigenvalue weighted by Crippen LogP contribution is -2.56. The molecule has 2 N–H and O–H groups in total. The largest absolute Gasteiger partial charge is 0.397 e. The Morgan fingerprint density at radius 2 is 1.94 bits per heavy atom. The molecule has 88 valence electrons. The second kappa shape index (κ2) is 3.96. The molecular weight excluding hydrogens is 203 g/mol. The molecule has 1 heterocycles. The zero-order chi connectivity index (χ0) is 11.8. The first kappa shape index (κ1) is 11.2. The van der Waals surface area contributed by atoms with Gasteiger partial charge in [-0.15, -0.1) is 0 Å². The Balaban J connectivity index is 2.14. The lowest BCUT2D eigenvalue weighted by molar-refractivity contribution is 0.195. The molecule has 0 radical (unpaired) electrons. The lowest BCUT2D eigenvalue weighted by Gasteiger charge is -2.51. The number of anilines is 2. The molecule has 0 aromatic heterocycles. The summed E-state index contributed by atoms with van der Waals surface area (Å²) in [5, 5.41) is 0. The fourth-order valence-electron chi connectivity index (χ4n) is 2.42. The average Bonchev–Trinajstić information content (AvgIpc) is 2.23. The minimum atomic E-state index is -0.213. The van der Waals surface area contributed by atoms with Crippen molar-refractivity contribution in [2.75, 3.05) is 23.7 Å². The Morgan fingerprint density at radius 3 is 2.50 bits per heavy atom. The van der Waals surface area contributed by atoms with Gasteiger partial charge in [0.25, 0.3) is 0 Å². The number of hydrogen-bond acceptors (Lipinski definition) is 2. The van der Waals surface area contributed by atoms with Gasteiger partial charge >= 0.3 is 0 Å². The van der Waals surface area contributed by atoms with Crippen LogP contribution in [0, 0.1) is 11.2 Å². The summed E-state index contributed by atoms with van der Waals surface area (Å²) in [6.07, 6.45) is 2.35. The van der Waals surface area contributed by atoms with Gasteiger partial charge in [-0.25, -0.2) is 4.39 Å². The number of nitrogens with two attached hydrogens (primary N) is 1. The minimum Gasteiger partial charge on any atom is -0.397 e. The molecule has 0 bridgehead atoms. The zero-order valence-corrected chi connectivity index (χ0v) is 9.96. The van der Waals surface area contributed by atoms with Crippen molar-refractivity contribution in [3.63, 3.8) is 0 Å². The van der Waals surface area contributed by atoms with Crippen molar-refractivity contribution in [2.45, 2.75) is 26.7 Å². The fraction of sp³-hybridized carbons (Fsp3) is 0.538. The highest BCUT2D eigenvalue weighted by molar-refractivity contribution is 5.68. The van der Waals surface area contributed by atoms with Crippen LogP contribution in [-0.4, -0.2) is 13.1 Å². The van der Waals surface area contributed by atoms with Crippen LogP contribution in [0.25, 0.3) is 0 Å². The van der Waals surface area contributed by atoms with E-state index in [1.54, 1.807) is 6.07 Å². The van der Waals surface area contributed by atoms with Crippen molar-refractivity contribution in [3.8, 4) is 0 Å². The van der Waals surface area contributed by atoms with Crippen molar-refractivity contribution in [1.29, 1.82) is 0 Å². The second-order valence-electron chi connectivity index (χ2n) is 4.77. The predicted molar refractivity (Wildman–Crippen MR) is 66.0 cm³/mol. The molecule has 1 aliphatic rings. The van der Waals surface area contributed by atoms with Gasteiger partial charge in [0, 0.05) is 18.5 Å². The molecule has 1 fully saturated rings. The number of rotatable bonds is 3. The standard InChI is InChI=1S/C13H19FN2/c1-3-13(4-2)8-16(9-13)12-7-10(14)5-6-11(12)15/h5-7H,3-4,8-9,15H2,1-2H3. The van der Waals surface area contributed by atoms with Crippen LogP contribution in [0.2, 0.25) is 0 Å². The summed E-state index contributed by atoms with van der Waals surface area (Å²) in [5.41, 5.74) is 7.79. The Labute approximate surface area is 96.2 Å². The van der Waals surface area contributed by atoms with E-state index in [1.807, 2.05) is 0 Å². The maximum Gasteiger partial charge on any atom is 0.125 e. The van der Waals surface area contributed by atoms with E-state index in [9.17, 15) is 4.39 Å². The molecule has 2 rings (SSSR count). The van der Waals surface area contributed by atoms with E-state index < -0.39 is 0 Å². The van der Waals surface area contributed by atoms with Crippen LogP contribution >= 0.6 is 0 Å². The molecule has 2 nitrogen and oxygen atoms in total. The molecule has 0 unspecified atom stereocenters. The van der Waals surface area contributed by atoms with Gasteiger partial charge in [-0.1, -0.05) is 13.8 Å². The van der Waals surface area contributed by atoms with Crippen LogP contribution in [0.5, 0.6) is 0 Å². The number of nitrogens with zero attached hydrogens (tertiary/aromatic N) is 1. The topological polar surface area (TPSA) is 29.3 Å². The third-order valence-corrected chi connectivity index (χ3v) is 3.89. The number of benzene rings is 1. The normalized spacial score (nSPS) is 18.3. The minimum absolute atomic E-state index is 0.213. The van der Waals surface area contributed by atoms with Gasteiger partial charge < -0.3 is 10.6 Å². The van der Waals surface area contributed by atoms with E-state index in [2.05, 4.69) is 18.7 Å². The SMILES string of the molecule is CCC1(CC)CN(c2cc(F)ccc2N)C1. The zero-order valence-electron chi connectivity index (χ0n) is 9.96.